The van der Waals surface area contributed by atoms with Crippen molar-refractivity contribution in [2.24, 2.45) is 5.73 Å². The van der Waals surface area contributed by atoms with Crippen molar-refractivity contribution in [2.45, 2.75) is 32.5 Å². The number of hydrogen-bond acceptors (Lipinski definition) is 4. The molecule has 1 rings (SSSR count). The lowest BCUT2D eigenvalue weighted by Crippen LogP contribution is -2.18. The molecule has 0 aliphatic carbocycles. The number of rotatable bonds is 6. The highest BCUT2D eigenvalue weighted by Crippen LogP contribution is 2.14. The van der Waals surface area contributed by atoms with E-state index in [1.165, 1.54) is 0 Å². The standard InChI is InChI=1S/C11H16F3N3O/c1-2-9-8(5-15)6-16-10(17-9)3-4-18-7-11(12,13)14/h6H,2-5,7,15H2,1H3. The molecule has 0 radical (unpaired) electrons. The molecule has 1 aromatic rings. The number of nitrogens with zero attached hydrogens (tertiary/aromatic N) is 2. The van der Waals surface area contributed by atoms with Gasteiger partial charge in [-0.1, -0.05) is 6.92 Å². The van der Waals surface area contributed by atoms with Crippen molar-refractivity contribution in [1.82, 2.24) is 9.97 Å². The molecule has 0 bridgehead atoms. The van der Waals surface area contributed by atoms with Gasteiger partial charge in [-0.2, -0.15) is 13.2 Å². The van der Waals surface area contributed by atoms with E-state index < -0.39 is 12.8 Å². The number of ether oxygens (including phenoxy) is 1. The lowest BCUT2D eigenvalue weighted by Gasteiger charge is -2.08. The number of hydrogen-bond donors (Lipinski definition) is 1. The summed E-state index contributed by atoms with van der Waals surface area (Å²) in [7, 11) is 0. The molecule has 0 saturated heterocycles. The van der Waals surface area contributed by atoms with E-state index in [9.17, 15) is 13.2 Å². The third-order valence-electron chi connectivity index (χ3n) is 2.29. The zero-order valence-corrected chi connectivity index (χ0v) is 10.1. The molecule has 2 N–H and O–H groups in total. The molecule has 0 fully saturated rings. The van der Waals surface area contributed by atoms with Gasteiger partial charge in [0.2, 0.25) is 0 Å². The second kappa shape index (κ2) is 6.65. The van der Waals surface area contributed by atoms with Gasteiger partial charge in [0, 0.05) is 30.4 Å². The molecule has 1 aromatic heterocycles. The maximum absolute atomic E-state index is 11.8. The Kier molecular flexibility index (Phi) is 5.49. The lowest BCUT2D eigenvalue weighted by atomic mass is 10.2. The molecular weight excluding hydrogens is 247 g/mol. The van der Waals surface area contributed by atoms with Gasteiger partial charge in [0.25, 0.3) is 0 Å². The summed E-state index contributed by atoms with van der Waals surface area (Å²) in [4.78, 5) is 8.28. The van der Waals surface area contributed by atoms with Crippen molar-refractivity contribution in [1.29, 1.82) is 0 Å². The van der Waals surface area contributed by atoms with E-state index in [0.29, 0.717) is 18.8 Å². The van der Waals surface area contributed by atoms with Crippen LogP contribution in [0, 0.1) is 0 Å². The van der Waals surface area contributed by atoms with Crippen LogP contribution in [0.15, 0.2) is 6.20 Å². The Morgan fingerprint density at radius 1 is 1.39 bits per heavy atom. The summed E-state index contributed by atoms with van der Waals surface area (Å²) in [6.07, 6.45) is -1.71. The van der Waals surface area contributed by atoms with Gasteiger partial charge in [0.15, 0.2) is 0 Å². The zero-order chi connectivity index (χ0) is 13.6. The Morgan fingerprint density at radius 2 is 2.11 bits per heavy atom. The first-order chi connectivity index (χ1) is 8.46. The van der Waals surface area contributed by atoms with Gasteiger partial charge < -0.3 is 10.5 Å². The number of halogens is 3. The van der Waals surface area contributed by atoms with Gasteiger partial charge in [-0.3, -0.25) is 0 Å². The molecule has 0 saturated carbocycles. The molecule has 0 amide bonds. The van der Waals surface area contributed by atoms with Crippen molar-refractivity contribution in [3.63, 3.8) is 0 Å². The Hall–Kier alpha value is -1.21. The summed E-state index contributed by atoms with van der Waals surface area (Å²) in [5.74, 6) is 0.478. The summed E-state index contributed by atoms with van der Waals surface area (Å²) in [5.41, 5.74) is 7.21. The Morgan fingerprint density at radius 3 is 2.67 bits per heavy atom. The molecule has 7 heteroatoms. The molecule has 102 valence electrons. The summed E-state index contributed by atoms with van der Waals surface area (Å²) in [6, 6.07) is 0. The molecule has 1 heterocycles. The average Bonchev–Trinajstić information content (AvgIpc) is 2.33. The van der Waals surface area contributed by atoms with Crippen LogP contribution in [0.4, 0.5) is 13.2 Å². The molecular formula is C11H16F3N3O. The van der Waals surface area contributed by atoms with E-state index in [0.717, 1.165) is 11.3 Å². The van der Waals surface area contributed by atoms with Gasteiger partial charge in [-0.05, 0) is 6.42 Å². The first-order valence-electron chi connectivity index (χ1n) is 5.64. The molecule has 4 nitrogen and oxygen atoms in total. The summed E-state index contributed by atoms with van der Waals surface area (Å²) >= 11 is 0. The fraction of sp³-hybridized carbons (Fsp3) is 0.636. The van der Waals surface area contributed by atoms with Crippen LogP contribution in [0.2, 0.25) is 0 Å². The lowest BCUT2D eigenvalue weighted by molar-refractivity contribution is -0.173. The summed E-state index contributed by atoms with van der Waals surface area (Å²) in [5, 5.41) is 0. The predicted molar refractivity (Wildman–Crippen MR) is 59.9 cm³/mol. The highest BCUT2D eigenvalue weighted by atomic mass is 19.4. The molecule has 0 spiro atoms. The third-order valence-corrected chi connectivity index (χ3v) is 2.29. The average molecular weight is 263 g/mol. The fourth-order valence-electron chi connectivity index (χ4n) is 1.43. The molecule has 0 unspecified atom stereocenters. The van der Waals surface area contributed by atoms with Crippen LogP contribution in [-0.2, 0) is 24.1 Å². The van der Waals surface area contributed by atoms with Gasteiger partial charge in [0.05, 0.1) is 6.61 Å². The van der Waals surface area contributed by atoms with Crippen LogP contribution < -0.4 is 5.73 Å². The van der Waals surface area contributed by atoms with Gasteiger partial charge >= 0.3 is 6.18 Å². The van der Waals surface area contributed by atoms with E-state index in [4.69, 9.17) is 5.73 Å². The number of aromatic nitrogens is 2. The minimum absolute atomic E-state index is 0.0510. The van der Waals surface area contributed by atoms with Crippen LogP contribution in [0.1, 0.15) is 24.0 Å². The second-order valence-electron chi connectivity index (χ2n) is 3.73. The first kappa shape index (κ1) is 14.8. The topological polar surface area (TPSA) is 61.0 Å². The maximum Gasteiger partial charge on any atom is 0.411 e. The van der Waals surface area contributed by atoms with E-state index in [-0.39, 0.29) is 13.0 Å². The largest absolute Gasteiger partial charge is 0.411 e. The van der Waals surface area contributed by atoms with Crippen LogP contribution in [-0.4, -0.2) is 29.4 Å². The minimum atomic E-state index is -4.29. The second-order valence-corrected chi connectivity index (χ2v) is 3.73. The fourth-order valence-corrected chi connectivity index (χ4v) is 1.43. The maximum atomic E-state index is 11.8. The van der Waals surface area contributed by atoms with E-state index in [1.54, 1.807) is 6.20 Å². The summed E-state index contributed by atoms with van der Waals surface area (Å²) in [6.45, 7) is 0.999. The molecule has 18 heavy (non-hydrogen) atoms. The number of alkyl halides is 3. The van der Waals surface area contributed by atoms with Gasteiger partial charge in [-0.15, -0.1) is 0 Å². The first-order valence-corrected chi connectivity index (χ1v) is 5.64. The quantitative estimate of drug-likeness (QED) is 0.792. The number of nitrogens with two attached hydrogens (primary N) is 1. The summed E-state index contributed by atoms with van der Waals surface area (Å²) < 4.78 is 40.0. The van der Waals surface area contributed by atoms with Gasteiger partial charge in [0.1, 0.15) is 12.4 Å². The van der Waals surface area contributed by atoms with Crippen molar-refractivity contribution < 1.29 is 17.9 Å². The highest BCUT2D eigenvalue weighted by molar-refractivity contribution is 5.17. The smallest absolute Gasteiger partial charge is 0.372 e. The molecule has 0 aliphatic heterocycles. The van der Waals surface area contributed by atoms with Crippen molar-refractivity contribution in [3.8, 4) is 0 Å². The van der Waals surface area contributed by atoms with Gasteiger partial charge in [-0.25, -0.2) is 9.97 Å². The molecule has 0 aliphatic rings. The van der Waals surface area contributed by atoms with Crippen LogP contribution in [0.25, 0.3) is 0 Å². The van der Waals surface area contributed by atoms with Crippen LogP contribution in [0.5, 0.6) is 0 Å². The third kappa shape index (κ3) is 4.97. The van der Waals surface area contributed by atoms with Crippen LogP contribution in [0.3, 0.4) is 0 Å². The van der Waals surface area contributed by atoms with Crippen LogP contribution >= 0.6 is 0 Å². The highest BCUT2D eigenvalue weighted by Gasteiger charge is 2.27. The predicted octanol–water partition coefficient (Wildman–Crippen LogP) is 1.62. The normalized spacial score (nSPS) is 11.8. The Bertz CT molecular complexity index is 382. The SMILES string of the molecule is CCc1nc(CCOCC(F)(F)F)ncc1CN. The Labute approximate surface area is 103 Å². The molecule has 0 aromatic carbocycles. The number of aryl methyl sites for hydroxylation is 1. The van der Waals surface area contributed by atoms with E-state index in [2.05, 4.69) is 14.7 Å². The Balaban J connectivity index is 2.48. The van der Waals surface area contributed by atoms with Crippen molar-refractivity contribution in [2.75, 3.05) is 13.2 Å². The van der Waals surface area contributed by atoms with Crippen molar-refractivity contribution >= 4 is 0 Å². The van der Waals surface area contributed by atoms with E-state index in [1.807, 2.05) is 6.92 Å². The van der Waals surface area contributed by atoms with E-state index >= 15 is 0 Å². The van der Waals surface area contributed by atoms with Crippen molar-refractivity contribution in [3.05, 3.63) is 23.3 Å². The molecule has 0 atom stereocenters. The monoisotopic (exact) mass is 263 g/mol. The minimum Gasteiger partial charge on any atom is -0.372 e. The zero-order valence-electron chi connectivity index (χ0n) is 10.1.